The zero-order chi connectivity index (χ0) is 14.1. The van der Waals surface area contributed by atoms with Gasteiger partial charge in [0, 0.05) is 30.2 Å². The minimum absolute atomic E-state index is 0.252. The van der Waals surface area contributed by atoms with Gasteiger partial charge in [-0.3, -0.25) is 9.69 Å². The summed E-state index contributed by atoms with van der Waals surface area (Å²) in [6.45, 7) is 1.75. The lowest BCUT2D eigenvalue weighted by Crippen LogP contribution is -2.49. The summed E-state index contributed by atoms with van der Waals surface area (Å²) in [5.74, 6) is -0.437. The highest BCUT2D eigenvalue weighted by atomic mass is 35.5. The summed E-state index contributed by atoms with van der Waals surface area (Å²) in [5.41, 5.74) is 1.67. The van der Waals surface area contributed by atoms with Gasteiger partial charge in [-0.05, 0) is 24.3 Å². The van der Waals surface area contributed by atoms with E-state index in [-0.39, 0.29) is 5.92 Å². The average molecular weight is 293 g/mol. The number of rotatable bonds is 4. The third-order valence-electron chi connectivity index (χ3n) is 3.33. The lowest BCUT2D eigenvalue weighted by atomic mass is 10.0. The van der Waals surface area contributed by atoms with Crippen LogP contribution in [0.1, 0.15) is 5.69 Å². The average Bonchev–Trinajstić information content (AvgIpc) is 2.82. The lowest BCUT2D eigenvalue weighted by molar-refractivity contribution is -0.147. The fourth-order valence-electron chi connectivity index (χ4n) is 2.19. The topological polar surface area (TPSA) is 66.6 Å². The van der Waals surface area contributed by atoms with Crippen LogP contribution in [0.3, 0.4) is 0 Å². The number of carboxylic acid groups (broad SMARTS) is 1. The van der Waals surface area contributed by atoms with E-state index in [4.69, 9.17) is 21.1 Å². The molecule has 1 aliphatic rings. The summed E-state index contributed by atoms with van der Waals surface area (Å²) < 4.78 is 5.44. The van der Waals surface area contributed by atoms with Crippen molar-refractivity contribution in [1.82, 2.24) is 9.88 Å². The van der Waals surface area contributed by atoms with Crippen molar-refractivity contribution in [1.29, 1.82) is 0 Å². The quantitative estimate of drug-likeness (QED) is 0.938. The van der Waals surface area contributed by atoms with Crippen LogP contribution in [-0.4, -0.2) is 34.0 Å². The maximum Gasteiger partial charge on any atom is 0.309 e. The van der Waals surface area contributed by atoms with Crippen molar-refractivity contribution in [2.75, 3.05) is 13.1 Å². The number of likely N-dealkylation sites (tertiary alicyclic amines) is 1. The SMILES string of the molecule is O=C(O)C1CN(Cc2coc(-c3ccc(Cl)cc3)n2)C1. The van der Waals surface area contributed by atoms with E-state index in [1.54, 1.807) is 18.4 Å². The number of carboxylic acids is 1. The van der Waals surface area contributed by atoms with Gasteiger partial charge in [-0.15, -0.1) is 0 Å². The second-order valence-corrected chi connectivity index (χ2v) is 5.32. The Hall–Kier alpha value is -1.85. The molecule has 2 aromatic rings. The molecule has 0 bridgehead atoms. The maximum atomic E-state index is 10.7. The summed E-state index contributed by atoms with van der Waals surface area (Å²) in [7, 11) is 0. The number of nitrogens with zero attached hydrogens (tertiary/aromatic N) is 2. The Morgan fingerprint density at radius 1 is 1.40 bits per heavy atom. The normalized spacial score (nSPS) is 16.1. The molecule has 3 rings (SSSR count). The molecule has 0 spiro atoms. The molecule has 0 amide bonds. The molecule has 0 unspecified atom stereocenters. The molecule has 1 aromatic carbocycles. The van der Waals surface area contributed by atoms with Gasteiger partial charge < -0.3 is 9.52 Å². The van der Waals surface area contributed by atoms with Gasteiger partial charge in [0.05, 0.1) is 11.6 Å². The van der Waals surface area contributed by atoms with Crippen LogP contribution in [0.2, 0.25) is 5.02 Å². The Kier molecular flexibility index (Phi) is 3.46. The van der Waals surface area contributed by atoms with E-state index in [1.165, 1.54) is 0 Å². The third kappa shape index (κ3) is 2.69. The molecular formula is C14H13ClN2O3. The number of oxazole rings is 1. The smallest absolute Gasteiger partial charge is 0.309 e. The molecule has 1 N–H and O–H groups in total. The van der Waals surface area contributed by atoms with E-state index >= 15 is 0 Å². The molecule has 0 saturated carbocycles. The molecule has 0 radical (unpaired) electrons. The number of hydrogen-bond acceptors (Lipinski definition) is 4. The van der Waals surface area contributed by atoms with Crippen LogP contribution in [0, 0.1) is 5.92 Å². The van der Waals surface area contributed by atoms with Crippen LogP contribution >= 0.6 is 11.6 Å². The number of aromatic nitrogens is 1. The summed E-state index contributed by atoms with van der Waals surface area (Å²) in [6, 6.07) is 7.27. The minimum atomic E-state index is -0.733. The van der Waals surface area contributed by atoms with Gasteiger partial charge in [-0.25, -0.2) is 4.98 Å². The Bertz CT molecular complexity index is 618. The highest BCUT2D eigenvalue weighted by Crippen LogP contribution is 2.23. The van der Waals surface area contributed by atoms with Crippen LogP contribution in [0.25, 0.3) is 11.5 Å². The van der Waals surface area contributed by atoms with Gasteiger partial charge in [0.15, 0.2) is 0 Å². The molecule has 0 aliphatic carbocycles. The molecule has 0 atom stereocenters. The van der Waals surface area contributed by atoms with Crippen molar-refractivity contribution in [3.05, 3.63) is 41.2 Å². The predicted molar refractivity (Wildman–Crippen MR) is 73.4 cm³/mol. The van der Waals surface area contributed by atoms with Crippen LogP contribution in [0.4, 0.5) is 0 Å². The van der Waals surface area contributed by atoms with E-state index in [0.717, 1.165) is 11.3 Å². The van der Waals surface area contributed by atoms with Crippen molar-refractivity contribution in [2.24, 2.45) is 5.92 Å². The first kappa shape index (κ1) is 13.1. The number of halogens is 1. The number of hydrogen-bond donors (Lipinski definition) is 1. The Labute approximate surface area is 120 Å². The van der Waals surface area contributed by atoms with E-state index < -0.39 is 5.97 Å². The van der Waals surface area contributed by atoms with Crippen molar-refractivity contribution >= 4 is 17.6 Å². The van der Waals surface area contributed by atoms with Gasteiger partial charge in [0.25, 0.3) is 0 Å². The van der Waals surface area contributed by atoms with Gasteiger partial charge in [-0.1, -0.05) is 11.6 Å². The third-order valence-corrected chi connectivity index (χ3v) is 3.59. The highest BCUT2D eigenvalue weighted by Gasteiger charge is 2.32. The molecule has 2 heterocycles. The van der Waals surface area contributed by atoms with E-state index in [9.17, 15) is 4.79 Å². The van der Waals surface area contributed by atoms with Crippen molar-refractivity contribution in [3.8, 4) is 11.5 Å². The fourth-order valence-corrected chi connectivity index (χ4v) is 2.31. The lowest BCUT2D eigenvalue weighted by Gasteiger charge is -2.35. The van der Waals surface area contributed by atoms with Crippen LogP contribution < -0.4 is 0 Å². The molecule has 6 heteroatoms. The molecule has 104 valence electrons. The van der Waals surface area contributed by atoms with Crippen LogP contribution in [-0.2, 0) is 11.3 Å². The van der Waals surface area contributed by atoms with Gasteiger partial charge in [-0.2, -0.15) is 0 Å². The van der Waals surface area contributed by atoms with Gasteiger partial charge in [0.2, 0.25) is 5.89 Å². The minimum Gasteiger partial charge on any atom is -0.481 e. The second-order valence-electron chi connectivity index (χ2n) is 4.88. The van der Waals surface area contributed by atoms with Gasteiger partial charge in [0.1, 0.15) is 6.26 Å². The van der Waals surface area contributed by atoms with E-state index in [1.807, 2.05) is 17.0 Å². The standard InChI is InChI=1S/C14H13ClN2O3/c15-11-3-1-9(2-4-11)13-16-12(8-20-13)7-17-5-10(6-17)14(18)19/h1-4,8,10H,5-7H2,(H,18,19). The van der Waals surface area contributed by atoms with Crippen LogP contribution in [0.15, 0.2) is 34.9 Å². The molecule has 1 aliphatic heterocycles. The molecular weight excluding hydrogens is 280 g/mol. The van der Waals surface area contributed by atoms with Crippen molar-refractivity contribution in [3.63, 3.8) is 0 Å². The zero-order valence-electron chi connectivity index (χ0n) is 10.6. The predicted octanol–water partition coefficient (Wildman–Crippen LogP) is 2.51. The number of carbonyl (C=O) groups is 1. The van der Waals surface area contributed by atoms with Crippen molar-refractivity contribution < 1.29 is 14.3 Å². The Balaban J connectivity index is 1.63. The molecule has 5 nitrogen and oxygen atoms in total. The fraction of sp³-hybridized carbons (Fsp3) is 0.286. The largest absolute Gasteiger partial charge is 0.481 e. The van der Waals surface area contributed by atoms with E-state index in [0.29, 0.717) is 30.5 Å². The summed E-state index contributed by atoms with van der Waals surface area (Å²) in [4.78, 5) is 17.2. The zero-order valence-corrected chi connectivity index (χ0v) is 11.4. The molecule has 1 fully saturated rings. The molecule has 1 saturated heterocycles. The first-order valence-corrected chi connectivity index (χ1v) is 6.65. The molecule has 20 heavy (non-hydrogen) atoms. The first-order chi connectivity index (χ1) is 9.61. The number of benzene rings is 1. The van der Waals surface area contributed by atoms with Gasteiger partial charge >= 0.3 is 5.97 Å². The monoisotopic (exact) mass is 292 g/mol. The first-order valence-electron chi connectivity index (χ1n) is 6.27. The number of aliphatic carboxylic acids is 1. The maximum absolute atomic E-state index is 10.7. The highest BCUT2D eigenvalue weighted by molar-refractivity contribution is 6.30. The van der Waals surface area contributed by atoms with Crippen molar-refractivity contribution in [2.45, 2.75) is 6.54 Å². The molecule has 1 aromatic heterocycles. The summed E-state index contributed by atoms with van der Waals surface area (Å²) in [5, 5.41) is 9.49. The van der Waals surface area contributed by atoms with E-state index in [2.05, 4.69) is 4.98 Å². The Morgan fingerprint density at radius 2 is 2.10 bits per heavy atom. The second kappa shape index (κ2) is 5.26. The summed E-state index contributed by atoms with van der Waals surface area (Å²) in [6.07, 6.45) is 1.61. The summed E-state index contributed by atoms with van der Waals surface area (Å²) >= 11 is 5.83. The Morgan fingerprint density at radius 3 is 2.75 bits per heavy atom. The van der Waals surface area contributed by atoms with Crippen LogP contribution in [0.5, 0.6) is 0 Å².